The number of aliphatic hydroxyl groups excluding tert-OH is 3. The second-order valence-corrected chi connectivity index (χ2v) is 4.18. The van der Waals surface area contributed by atoms with Crippen LogP contribution in [0.3, 0.4) is 0 Å². The molecular formula is C15H16O4. The number of rotatable bonds is 5. The van der Waals surface area contributed by atoms with E-state index < -0.39 is 18.8 Å². The molecule has 4 nitrogen and oxygen atoms in total. The highest BCUT2D eigenvalue weighted by Crippen LogP contribution is 2.24. The summed E-state index contributed by atoms with van der Waals surface area (Å²) in [5.74, 6) is 1.37. The van der Waals surface area contributed by atoms with Crippen molar-refractivity contribution in [2.75, 3.05) is 6.61 Å². The van der Waals surface area contributed by atoms with Crippen LogP contribution in [0.1, 0.15) is 11.7 Å². The fraction of sp³-hybridized carbons (Fsp3) is 0.200. The van der Waals surface area contributed by atoms with Gasteiger partial charge in [0, 0.05) is 0 Å². The minimum absolute atomic E-state index is 0.483. The van der Waals surface area contributed by atoms with Gasteiger partial charge < -0.3 is 20.1 Å². The zero-order valence-corrected chi connectivity index (χ0v) is 10.3. The fourth-order valence-electron chi connectivity index (χ4n) is 1.68. The smallest absolute Gasteiger partial charge is 0.127 e. The lowest BCUT2D eigenvalue weighted by molar-refractivity contribution is -0.0152. The molecule has 0 aliphatic rings. The molecule has 0 radical (unpaired) electrons. The van der Waals surface area contributed by atoms with E-state index in [4.69, 9.17) is 9.84 Å². The average molecular weight is 260 g/mol. The van der Waals surface area contributed by atoms with Crippen LogP contribution in [0.4, 0.5) is 0 Å². The summed E-state index contributed by atoms with van der Waals surface area (Å²) in [6.07, 6.45) is -2.28. The molecule has 2 aromatic carbocycles. The molecule has 0 saturated carbocycles. The summed E-state index contributed by atoms with van der Waals surface area (Å²) in [7, 11) is 0. The number of hydrogen-bond acceptors (Lipinski definition) is 4. The summed E-state index contributed by atoms with van der Waals surface area (Å²) in [5.41, 5.74) is 0.530. The van der Waals surface area contributed by atoms with Crippen molar-refractivity contribution >= 4 is 0 Å². The topological polar surface area (TPSA) is 69.9 Å². The predicted molar refractivity (Wildman–Crippen MR) is 71.0 cm³/mol. The molecule has 2 unspecified atom stereocenters. The van der Waals surface area contributed by atoms with Crippen LogP contribution in [0.25, 0.3) is 0 Å². The molecule has 0 aromatic heterocycles. The molecule has 0 aliphatic heterocycles. The summed E-state index contributed by atoms with van der Waals surface area (Å²) in [6.45, 7) is -0.483. The van der Waals surface area contributed by atoms with Crippen LogP contribution in [0.2, 0.25) is 0 Å². The summed E-state index contributed by atoms with van der Waals surface area (Å²) < 4.78 is 5.61. The van der Waals surface area contributed by atoms with Crippen LogP contribution in [0.5, 0.6) is 11.5 Å². The lowest BCUT2D eigenvalue weighted by atomic mass is 10.1. The summed E-state index contributed by atoms with van der Waals surface area (Å²) in [5, 5.41) is 27.9. The fourth-order valence-corrected chi connectivity index (χ4v) is 1.68. The van der Waals surface area contributed by atoms with Crippen LogP contribution < -0.4 is 4.74 Å². The molecule has 0 spiro atoms. The van der Waals surface area contributed by atoms with Gasteiger partial charge in [-0.15, -0.1) is 0 Å². The lowest BCUT2D eigenvalue weighted by Crippen LogP contribution is -2.21. The Kier molecular flexibility index (Phi) is 4.52. The Balaban J connectivity index is 2.06. The molecule has 2 aromatic rings. The average Bonchev–Trinajstić information content (AvgIpc) is 2.47. The highest BCUT2D eigenvalue weighted by Gasteiger charge is 2.17. The van der Waals surface area contributed by atoms with Gasteiger partial charge in [0.25, 0.3) is 0 Å². The van der Waals surface area contributed by atoms with Crippen molar-refractivity contribution in [1.29, 1.82) is 0 Å². The Morgan fingerprint density at radius 2 is 1.42 bits per heavy atom. The first kappa shape index (κ1) is 13.5. The molecule has 0 bridgehead atoms. The quantitative estimate of drug-likeness (QED) is 0.767. The molecule has 2 rings (SSSR count). The van der Waals surface area contributed by atoms with Crippen molar-refractivity contribution in [3.8, 4) is 11.5 Å². The van der Waals surface area contributed by atoms with Gasteiger partial charge in [-0.1, -0.05) is 30.3 Å². The Bertz CT molecular complexity index is 495. The second kappa shape index (κ2) is 6.33. The number of para-hydroxylation sites is 1. The van der Waals surface area contributed by atoms with Crippen molar-refractivity contribution in [1.82, 2.24) is 0 Å². The third-order valence-corrected chi connectivity index (χ3v) is 2.75. The van der Waals surface area contributed by atoms with Gasteiger partial charge in [-0.2, -0.15) is 0 Å². The highest BCUT2D eigenvalue weighted by molar-refractivity contribution is 5.33. The van der Waals surface area contributed by atoms with Crippen LogP contribution in [0, 0.1) is 0 Å². The standard InChI is InChI=1S/C15H16O4/c16-10-14(17)15(18)11-6-8-13(9-7-11)19-12-4-2-1-3-5-12/h1-9,14-18H,10H2. The van der Waals surface area contributed by atoms with Crippen molar-refractivity contribution in [3.63, 3.8) is 0 Å². The van der Waals surface area contributed by atoms with Gasteiger partial charge in [0.2, 0.25) is 0 Å². The molecule has 0 aliphatic carbocycles. The minimum atomic E-state index is -1.18. The third kappa shape index (κ3) is 3.54. The summed E-state index contributed by atoms with van der Waals surface area (Å²) in [6, 6.07) is 16.1. The molecule has 0 saturated heterocycles. The monoisotopic (exact) mass is 260 g/mol. The second-order valence-electron chi connectivity index (χ2n) is 4.18. The van der Waals surface area contributed by atoms with E-state index in [1.54, 1.807) is 24.3 Å². The van der Waals surface area contributed by atoms with E-state index in [-0.39, 0.29) is 0 Å². The maximum atomic E-state index is 9.72. The third-order valence-electron chi connectivity index (χ3n) is 2.75. The SMILES string of the molecule is OCC(O)C(O)c1ccc(Oc2ccccc2)cc1. The van der Waals surface area contributed by atoms with Crippen molar-refractivity contribution in [2.45, 2.75) is 12.2 Å². The number of ether oxygens (including phenoxy) is 1. The number of benzene rings is 2. The Labute approximate surface area is 111 Å². The van der Waals surface area contributed by atoms with E-state index in [9.17, 15) is 10.2 Å². The zero-order valence-electron chi connectivity index (χ0n) is 10.3. The van der Waals surface area contributed by atoms with Crippen LogP contribution >= 0.6 is 0 Å². The summed E-state index contributed by atoms with van der Waals surface area (Å²) >= 11 is 0. The molecule has 0 fully saturated rings. The van der Waals surface area contributed by atoms with Gasteiger partial charge in [0.15, 0.2) is 0 Å². The summed E-state index contributed by atoms with van der Waals surface area (Å²) in [4.78, 5) is 0. The maximum absolute atomic E-state index is 9.72. The lowest BCUT2D eigenvalue weighted by Gasteiger charge is -2.16. The van der Waals surface area contributed by atoms with E-state index in [0.717, 1.165) is 5.75 Å². The van der Waals surface area contributed by atoms with Crippen LogP contribution in [-0.4, -0.2) is 28.0 Å². The largest absolute Gasteiger partial charge is 0.457 e. The van der Waals surface area contributed by atoms with Crippen molar-refractivity contribution < 1.29 is 20.1 Å². The van der Waals surface area contributed by atoms with E-state index >= 15 is 0 Å². The minimum Gasteiger partial charge on any atom is -0.457 e. The predicted octanol–water partition coefficient (Wildman–Crippen LogP) is 1.87. The Hall–Kier alpha value is -1.88. The van der Waals surface area contributed by atoms with E-state index in [1.807, 2.05) is 30.3 Å². The highest BCUT2D eigenvalue weighted by atomic mass is 16.5. The van der Waals surface area contributed by atoms with E-state index in [0.29, 0.717) is 11.3 Å². The van der Waals surface area contributed by atoms with Crippen molar-refractivity contribution in [2.24, 2.45) is 0 Å². The van der Waals surface area contributed by atoms with Gasteiger partial charge in [-0.05, 0) is 29.8 Å². The first-order chi connectivity index (χ1) is 9.20. The zero-order chi connectivity index (χ0) is 13.7. The van der Waals surface area contributed by atoms with Gasteiger partial charge in [0.05, 0.1) is 6.61 Å². The molecule has 2 atom stereocenters. The first-order valence-electron chi connectivity index (χ1n) is 6.00. The van der Waals surface area contributed by atoms with Gasteiger partial charge in [-0.3, -0.25) is 0 Å². The normalized spacial score (nSPS) is 13.8. The molecule has 0 heterocycles. The van der Waals surface area contributed by atoms with E-state index in [1.165, 1.54) is 0 Å². The molecule has 19 heavy (non-hydrogen) atoms. The molecule has 4 heteroatoms. The van der Waals surface area contributed by atoms with Gasteiger partial charge >= 0.3 is 0 Å². The van der Waals surface area contributed by atoms with Crippen molar-refractivity contribution in [3.05, 3.63) is 60.2 Å². The molecule has 100 valence electrons. The van der Waals surface area contributed by atoms with Gasteiger partial charge in [0.1, 0.15) is 23.7 Å². The Morgan fingerprint density at radius 1 is 0.842 bits per heavy atom. The van der Waals surface area contributed by atoms with E-state index in [2.05, 4.69) is 0 Å². The molecular weight excluding hydrogens is 244 g/mol. The number of hydrogen-bond donors (Lipinski definition) is 3. The van der Waals surface area contributed by atoms with Crippen LogP contribution in [0.15, 0.2) is 54.6 Å². The molecule has 0 amide bonds. The number of aliphatic hydroxyl groups is 3. The maximum Gasteiger partial charge on any atom is 0.127 e. The molecule has 3 N–H and O–H groups in total. The van der Waals surface area contributed by atoms with Crippen LogP contribution in [-0.2, 0) is 0 Å². The first-order valence-corrected chi connectivity index (χ1v) is 6.00. The van der Waals surface area contributed by atoms with Gasteiger partial charge in [-0.25, -0.2) is 0 Å². The Morgan fingerprint density at radius 3 is 2.00 bits per heavy atom.